The van der Waals surface area contributed by atoms with Crippen LogP contribution in [0.15, 0.2) is 18.2 Å². The maximum absolute atomic E-state index is 10.8. The third kappa shape index (κ3) is 2.89. The Morgan fingerprint density at radius 2 is 2.33 bits per heavy atom. The third-order valence-corrected chi connectivity index (χ3v) is 3.02. The third-order valence-electron chi connectivity index (χ3n) is 3.02. The fourth-order valence-corrected chi connectivity index (χ4v) is 2.08. The lowest BCUT2D eigenvalue weighted by Gasteiger charge is -2.13. The van der Waals surface area contributed by atoms with Crippen molar-refractivity contribution >= 4 is 11.4 Å². The van der Waals surface area contributed by atoms with Crippen LogP contribution in [0.25, 0.3) is 0 Å². The topological polar surface area (TPSA) is 84.6 Å². The number of aromatic hydroxyl groups is 1. The number of nitro groups is 1. The SMILES string of the molecule is CC1CCC(CNc2ccc(O)cc2[N+](=O)[O-])O1. The van der Waals surface area contributed by atoms with Crippen molar-refractivity contribution in [2.75, 3.05) is 11.9 Å². The van der Waals surface area contributed by atoms with E-state index in [9.17, 15) is 15.2 Å². The van der Waals surface area contributed by atoms with Crippen LogP contribution < -0.4 is 5.32 Å². The maximum atomic E-state index is 10.8. The Kier molecular flexibility index (Phi) is 3.66. The van der Waals surface area contributed by atoms with E-state index in [1.807, 2.05) is 6.92 Å². The van der Waals surface area contributed by atoms with Gasteiger partial charge in [0.15, 0.2) is 0 Å². The molecule has 2 N–H and O–H groups in total. The van der Waals surface area contributed by atoms with Crippen LogP contribution in [0.2, 0.25) is 0 Å². The maximum Gasteiger partial charge on any atom is 0.296 e. The van der Waals surface area contributed by atoms with Crippen molar-refractivity contribution in [2.45, 2.75) is 32.0 Å². The summed E-state index contributed by atoms with van der Waals surface area (Å²) in [6.07, 6.45) is 2.32. The summed E-state index contributed by atoms with van der Waals surface area (Å²) in [5, 5.41) is 23.1. The molecular formula is C12H16N2O4. The molecule has 1 saturated heterocycles. The summed E-state index contributed by atoms with van der Waals surface area (Å²) in [6.45, 7) is 2.55. The van der Waals surface area contributed by atoms with Crippen LogP contribution in [0, 0.1) is 10.1 Å². The van der Waals surface area contributed by atoms with Crippen LogP contribution in [0.5, 0.6) is 5.75 Å². The average Bonchev–Trinajstić information content (AvgIpc) is 2.73. The highest BCUT2D eigenvalue weighted by atomic mass is 16.6. The van der Waals surface area contributed by atoms with Gasteiger partial charge >= 0.3 is 0 Å². The number of phenolic OH excluding ortho intramolecular Hbond substituents is 1. The van der Waals surface area contributed by atoms with E-state index in [1.165, 1.54) is 12.1 Å². The van der Waals surface area contributed by atoms with Gasteiger partial charge in [0.2, 0.25) is 0 Å². The Morgan fingerprint density at radius 3 is 2.94 bits per heavy atom. The molecule has 1 aliphatic rings. The lowest BCUT2D eigenvalue weighted by atomic mass is 10.2. The monoisotopic (exact) mass is 252 g/mol. The summed E-state index contributed by atoms with van der Waals surface area (Å²) in [5.74, 6) is -0.113. The molecule has 0 radical (unpaired) electrons. The van der Waals surface area contributed by atoms with E-state index >= 15 is 0 Å². The van der Waals surface area contributed by atoms with Gasteiger partial charge in [-0.3, -0.25) is 10.1 Å². The fourth-order valence-electron chi connectivity index (χ4n) is 2.08. The lowest BCUT2D eigenvalue weighted by Crippen LogP contribution is -2.20. The minimum absolute atomic E-state index is 0.0911. The Hall–Kier alpha value is -1.82. The van der Waals surface area contributed by atoms with E-state index in [1.54, 1.807) is 0 Å². The minimum atomic E-state index is -0.514. The van der Waals surface area contributed by atoms with Crippen LogP contribution in [0.4, 0.5) is 11.4 Å². The Labute approximate surface area is 105 Å². The van der Waals surface area contributed by atoms with Crippen molar-refractivity contribution in [1.29, 1.82) is 0 Å². The van der Waals surface area contributed by atoms with E-state index in [0.29, 0.717) is 12.2 Å². The van der Waals surface area contributed by atoms with Crippen molar-refractivity contribution < 1.29 is 14.8 Å². The minimum Gasteiger partial charge on any atom is -0.508 e. The number of ether oxygens (including phenoxy) is 1. The zero-order chi connectivity index (χ0) is 13.1. The number of anilines is 1. The Bertz CT molecular complexity index is 450. The average molecular weight is 252 g/mol. The Balaban J connectivity index is 2.02. The first-order chi connectivity index (χ1) is 8.56. The van der Waals surface area contributed by atoms with E-state index < -0.39 is 4.92 Å². The number of nitrogens with one attached hydrogen (secondary N) is 1. The molecule has 0 spiro atoms. The van der Waals surface area contributed by atoms with Crippen molar-refractivity contribution in [2.24, 2.45) is 0 Å². The summed E-state index contributed by atoms with van der Waals surface area (Å²) in [4.78, 5) is 10.3. The molecule has 0 aliphatic carbocycles. The number of hydrogen-bond donors (Lipinski definition) is 2. The number of phenols is 1. The highest BCUT2D eigenvalue weighted by Gasteiger charge is 2.22. The van der Waals surface area contributed by atoms with E-state index in [-0.39, 0.29) is 23.6 Å². The molecule has 0 saturated carbocycles. The molecule has 2 unspecified atom stereocenters. The molecule has 1 aromatic rings. The number of nitro benzene ring substituents is 1. The summed E-state index contributed by atoms with van der Waals surface area (Å²) in [5.41, 5.74) is 0.280. The van der Waals surface area contributed by atoms with E-state index in [0.717, 1.165) is 18.9 Å². The van der Waals surface area contributed by atoms with E-state index in [2.05, 4.69) is 5.32 Å². The predicted molar refractivity (Wildman–Crippen MR) is 66.8 cm³/mol. The Morgan fingerprint density at radius 1 is 1.56 bits per heavy atom. The molecule has 0 amide bonds. The van der Waals surface area contributed by atoms with Crippen LogP contribution in [0.1, 0.15) is 19.8 Å². The van der Waals surface area contributed by atoms with Gasteiger partial charge in [-0.05, 0) is 31.9 Å². The standard InChI is InChI=1S/C12H16N2O4/c1-8-2-4-10(18-8)7-13-11-5-3-9(15)6-12(11)14(16)17/h3,5-6,8,10,13,15H,2,4,7H2,1H3. The van der Waals surface area contributed by atoms with Crippen molar-refractivity contribution in [3.63, 3.8) is 0 Å². The summed E-state index contributed by atoms with van der Waals surface area (Å²) in [6, 6.07) is 4.07. The van der Waals surface area contributed by atoms with Gasteiger partial charge in [0, 0.05) is 6.54 Å². The number of hydrogen-bond acceptors (Lipinski definition) is 5. The van der Waals surface area contributed by atoms with Gasteiger partial charge in [-0.15, -0.1) is 0 Å². The number of benzene rings is 1. The zero-order valence-corrected chi connectivity index (χ0v) is 10.1. The molecule has 1 heterocycles. The summed E-state index contributed by atoms with van der Waals surface area (Å²) >= 11 is 0. The second-order valence-corrected chi connectivity index (χ2v) is 4.49. The molecule has 2 atom stereocenters. The molecule has 1 fully saturated rings. The van der Waals surface area contributed by atoms with Gasteiger partial charge in [0.1, 0.15) is 11.4 Å². The van der Waals surface area contributed by atoms with Gasteiger partial charge in [-0.1, -0.05) is 0 Å². The van der Waals surface area contributed by atoms with Gasteiger partial charge in [0.05, 0.1) is 23.2 Å². The summed E-state index contributed by atoms with van der Waals surface area (Å²) in [7, 11) is 0. The smallest absolute Gasteiger partial charge is 0.296 e. The number of rotatable bonds is 4. The second-order valence-electron chi connectivity index (χ2n) is 4.49. The van der Waals surface area contributed by atoms with Gasteiger partial charge in [-0.2, -0.15) is 0 Å². The lowest BCUT2D eigenvalue weighted by molar-refractivity contribution is -0.384. The summed E-state index contributed by atoms with van der Waals surface area (Å²) < 4.78 is 5.63. The van der Waals surface area contributed by atoms with Crippen LogP contribution >= 0.6 is 0 Å². The highest BCUT2D eigenvalue weighted by Crippen LogP contribution is 2.29. The van der Waals surface area contributed by atoms with E-state index in [4.69, 9.17) is 4.74 Å². The first kappa shape index (κ1) is 12.6. The molecule has 18 heavy (non-hydrogen) atoms. The fraction of sp³-hybridized carbons (Fsp3) is 0.500. The quantitative estimate of drug-likeness (QED) is 0.488. The molecule has 6 heteroatoms. The molecule has 1 aromatic carbocycles. The number of nitrogens with zero attached hydrogens (tertiary/aromatic N) is 1. The van der Waals surface area contributed by atoms with Crippen molar-refractivity contribution in [1.82, 2.24) is 0 Å². The molecule has 6 nitrogen and oxygen atoms in total. The highest BCUT2D eigenvalue weighted by molar-refractivity contribution is 5.63. The molecule has 1 aliphatic heterocycles. The zero-order valence-electron chi connectivity index (χ0n) is 10.1. The van der Waals surface area contributed by atoms with Crippen LogP contribution in [-0.4, -0.2) is 28.8 Å². The first-order valence-corrected chi connectivity index (χ1v) is 5.93. The van der Waals surface area contributed by atoms with Crippen molar-refractivity contribution in [3.05, 3.63) is 28.3 Å². The molecule has 2 rings (SSSR count). The van der Waals surface area contributed by atoms with Crippen LogP contribution in [-0.2, 0) is 4.74 Å². The predicted octanol–water partition coefficient (Wildman–Crippen LogP) is 2.28. The molecule has 98 valence electrons. The molecular weight excluding hydrogens is 236 g/mol. The molecule has 0 bridgehead atoms. The first-order valence-electron chi connectivity index (χ1n) is 5.93. The normalized spacial score (nSPS) is 22.9. The second kappa shape index (κ2) is 5.22. The largest absolute Gasteiger partial charge is 0.508 e. The van der Waals surface area contributed by atoms with Crippen LogP contribution in [0.3, 0.4) is 0 Å². The van der Waals surface area contributed by atoms with Gasteiger partial charge in [0.25, 0.3) is 5.69 Å². The van der Waals surface area contributed by atoms with Gasteiger partial charge < -0.3 is 15.2 Å². The molecule has 0 aromatic heterocycles. The van der Waals surface area contributed by atoms with Gasteiger partial charge in [-0.25, -0.2) is 0 Å². The van der Waals surface area contributed by atoms with Crippen molar-refractivity contribution in [3.8, 4) is 5.75 Å².